The van der Waals surface area contributed by atoms with Crippen molar-refractivity contribution in [3.63, 3.8) is 0 Å². The third kappa shape index (κ3) is 4.90. The summed E-state index contributed by atoms with van der Waals surface area (Å²) in [5.74, 6) is -1.74. The maximum absolute atomic E-state index is 11.7. The van der Waals surface area contributed by atoms with Gasteiger partial charge in [-0.3, -0.25) is 0 Å². The van der Waals surface area contributed by atoms with Gasteiger partial charge in [-0.15, -0.1) is 0 Å². The van der Waals surface area contributed by atoms with Crippen molar-refractivity contribution in [2.24, 2.45) is 0 Å². The molecule has 18 heavy (non-hydrogen) atoms. The molecule has 0 aliphatic heterocycles. The van der Waals surface area contributed by atoms with Crippen molar-refractivity contribution in [3.05, 3.63) is 30.3 Å². The van der Waals surface area contributed by atoms with E-state index in [4.69, 9.17) is 9.84 Å². The summed E-state index contributed by atoms with van der Waals surface area (Å²) in [5, 5.41) is 9.08. The summed E-state index contributed by atoms with van der Waals surface area (Å²) in [7, 11) is 0. The number of carbonyl (C=O) groups excluding carboxylic acids is 1. The second-order valence-electron chi connectivity index (χ2n) is 3.67. The van der Waals surface area contributed by atoms with Gasteiger partial charge in [-0.2, -0.15) is 0 Å². The Kier molecular flexibility index (Phi) is 6.47. The molecule has 0 saturated heterocycles. The van der Waals surface area contributed by atoms with Crippen LogP contribution < -0.4 is 4.46 Å². The van der Waals surface area contributed by atoms with Crippen LogP contribution in [0.1, 0.15) is 19.8 Å². The SMILES string of the molecule is CCCCOC(=O)C([Se]c1ccccc1)C(=O)O. The van der Waals surface area contributed by atoms with E-state index in [1.165, 1.54) is 0 Å². The van der Waals surface area contributed by atoms with Gasteiger partial charge in [-0.25, -0.2) is 0 Å². The molecule has 1 aromatic carbocycles. The molecule has 0 saturated carbocycles. The summed E-state index contributed by atoms with van der Waals surface area (Å²) < 4.78 is 5.85. The molecule has 0 aliphatic rings. The van der Waals surface area contributed by atoms with Gasteiger partial charge in [0.05, 0.1) is 0 Å². The van der Waals surface area contributed by atoms with Crippen molar-refractivity contribution >= 4 is 31.4 Å². The first kappa shape index (κ1) is 14.7. The van der Waals surface area contributed by atoms with Crippen LogP contribution in [-0.2, 0) is 14.3 Å². The van der Waals surface area contributed by atoms with E-state index in [0.29, 0.717) is 6.61 Å². The number of carboxylic acids is 1. The van der Waals surface area contributed by atoms with E-state index in [1.54, 1.807) is 0 Å². The molecule has 0 radical (unpaired) electrons. The molecular weight excluding hydrogens is 299 g/mol. The van der Waals surface area contributed by atoms with E-state index in [2.05, 4.69) is 0 Å². The molecule has 0 aliphatic carbocycles. The van der Waals surface area contributed by atoms with E-state index < -0.39 is 31.7 Å². The van der Waals surface area contributed by atoms with Gasteiger partial charge in [0, 0.05) is 0 Å². The van der Waals surface area contributed by atoms with Crippen molar-refractivity contribution in [3.8, 4) is 0 Å². The molecule has 0 amide bonds. The van der Waals surface area contributed by atoms with Gasteiger partial charge in [-0.05, 0) is 0 Å². The average molecular weight is 315 g/mol. The first-order valence-corrected chi connectivity index (χ1v) is 7.61. The number of aliphatic carboxylic acids is 1. The quantitative estimate of drug-likeness (QED) is 0.356. The summed E-state index contributed by atoms with van der Waals surface area (Å²) in [5.41, 5.74) is 0. The number of rotatable bonds is 7. The minimum absolute atomic E-state index is 0.296. The van der Waals surface area contributed by atoms with Crippen molar-refractivity contribution in [2.75, 3.05) is 6.61 Å². The van der Waals surface area contributed by atoms with Gasteiger partial charge in [0.1, 0.15) is 0 Å². The summed E-state index contributed by atoms with van der Waals surface area (Å²) in [6.45, 7) is 2.28. The number of unbranched alkanes of at least 4 members (excludes halogenated alkanes) is 1. The molecule has 98 valence electrons. The van der Waals surface area contributed by atoms with Gasteiger partial charge < -0.3 is 0 Å². The van der Waals surface area contributed by atoms with Crippen LogP contribution in [0, 0.1) is 0 Å². The molecule has 0 spiro atoms. The third-order valence-electron chi connectivity index (χ3n) is 2.18. The molecule has 1 rings (SSSR count). The number of hydrogen-bond donors (Lipinski definition) is 1. The Balaban J connectivity index is 2.60. The van der Waals surface area contributed by atoms with Crippen LogP contribution >= 0.6 is 0 Å². The number of ether oxygens (including phenoxy) is 1. The zero-order valence-corrected chi connectivity index (χ0v) is 11.9. The summed E-state index contributed by atoms with van der Waals surface area (Å²) in [6.07, 6.45) is 1.67. The molecule has 0 aromatic heterocycles. The van der Waals surface area contributed by atoms with E-state index in [9.17, 15) is 9.59 Å². The molecule has 5 heteroatoms. The maximum atomic E-state index is 11.7. The number of carbonyl (C=O) groups is 2. The van der Waals surface area contributed by atoms with Gasteiger partial charge in [-0.1, -0.05) is 0 Å². The van der Waals surface area contributed by atoms with Crippen LogP contribution in [0.15, 0.2) is 30.3 Å². The van der Waals surface area contributed by atoms with Gasteiger partial charge >= 0.3 is 112 Å². The van der Waals surface area contributed by atoms with Crippen molar-refractivity contribution in [1.82, 2.24) is 0 Å². The Morgan fingerprint density at radius 1 is 1.33 bits per heavy atom. The monoisotopic (exact) mass is 316 g/mol. The molecule has 0 fully saturated rings. The van der Waals surface area contributed by atoms with Crippen LogP contribution in [-0.4, -0.2) is 38.6 Å². The topological polar surface area (TPSA) is 63.6 Å². The normalized spacial score (nSPS) is 11.8. The number of benzene rings is 1. The Labute approximate surface area is 112 Å². The first-order valence-electron chi connectivity index (χ1n) is 5.76. The van der Waals surface area contributed by atoms with Crippen molar-refractivity contribution in [2.45, 2.75) is 24.6 Å². The van der Waals surface area contributed by atoms with Gasteiger partial charge in [0.2, 0.25) is 0 Å². The molecule has 1 aromatic rings. The molecule has 1 atom stereocenters. The van der Waals surface area contributed by atoms with Crippen LogP contribution in [0.5, 0.6) is 0 Å². The van der Waals surface area contributed by atoms with Crippen LogP contribution in [0.3, 0.4) is 0 Å². The number of carboxylic acid groups (broad SMARTS) is 1. The molecular formula is C13H16O4Se. The summed E-state index contributed by atoms with van der Waals surface area (Å²) in [6, 6.07) is 9.18. The van der Waals surface area contributed by atoms with E-state index >= 15 is 0 Å². The zero-order chi connectivity index (χ0) is 13.4. The Hall–Kier alpha value is -1.32. The predicted molar refractivity (Wildman–Crippen MR) is 69.1 cm³/mol. The Morgan fingerprint density at radius 3 is 2.56 bits per heavy atom. The van der Waals surface area contributed by atoms with Gasteiger partial charge in [0.15, 0.2) is 0 Å². The van der Waals surface area contributed by atoms with E-state index in [-0.39, 0.29) is 0 Å². The Morgan fingerprint density at radius 2 is 2.00 bits per heavy atom. The second-order valence-corrected chi connectivity index (χ2v) is 6.14. The molecule has 4 nitrogen and oxygen atoms in total. The van der Waals surface area contributed by atoms with E-state index in [0.717, 1.165) is 17.3 Å². The van der Waals surface area contributed by atoms with Crippen molar-refractivity contribution < 1.29 is 19.4 Å². The molecule has 0 bridgehead atoms. The number of esters is 1. The van der Waals surface area contributed by atoms with Crippen LogP contribution in [0.4, 0.5) is 0 Å². The van der Waals surface area contributed by atoms with Gasteiger partial charge in [0.25, 0.3) is 0 Å². The average Bonchev–Trinajstić information content (AvgIpc) is 2.37. The fraction of sp³-hybridized carbons (Fsp3) is 0.385. The fourth-order valence-electron chi connectivity index (χ4n) is 1.23. The second kappa shape index (κ2) is 7.90. The summed E-state index contributed by atoms with van der Waals surface area (Å²) in [4.78, 5) is 21.7. The van der Waals surface area contributed by atoms with Crippen LogP contribution in [0.2, 0.25) is 4.82 Å². The standard InChI is InChI=1S/C13H16O4Se/c1-2-3-9-17-13(16)11(12(14)15)18-10-7-5-4-6-8-10/h4-8,11H,2-3,9H2,1H3,(H,14,15). The predicted octanol–water partition coefficient (Wildman–Crippen LogP) is 1.23. The molecule has 0 heterocycles. The van der Waals surface area contributed by atoms with Crippen LogP contribution in [0.25, 0.3) is 0 Å². The van der Waals surface area contributed by atoms with E-state index in [1.807, 2.05) is 37.3 Å². The number of hydrogen-bond acceptors (Lipinski definition) is 3. The zero-order valence-electron chi connectivity index (χ0n) is 10.2. The molecule has 1 unspecified atom stereocenters. The molecule has 1 N–H and O–H groups in total. The first-order chi connectivity index (χ1) is 8.65. The minimum atomic E-state index is -1.11. The Bertz CT molecular complexity index is 391. The van der Waals surface area contributed by atoms with Crippen molar-refractivity contribution in [1.29, 1.82) is 0 Å². The third-order valence-corrected chi connectivity index (χ3v) is 4.64. The summed E-state index contributed by atoms with van der Waals surface area (Å²) >= 11 is -0.448. The fourth-order valence-corrected chi connectivity index (χ4v) is 3.01.